The third-order valence-corrected chi connectivity index (χ3v) is 3.17. The van der Waals surface area contributed by atoms with E-state index in [-0.39, 0.29) is 24.0 Å². The summed E-state index contributed by atoms with van der Waals surface area (Å²) in [5.74, 6) is -1.09. The van der Waals surface area contributed by atoms with Gasteiger partial charge in [-0.05, 0) is 13.1 Å². The van der Waals surface area contributed by atoms with E-state index in [0.29, 0.717) is 6.61 Å². The molecule has 8 heteroatoms. The summed E-state index contributed by atoms with van der Waals surface area (Å²) in [4.78, 5) is 23.2. The van der Waals surface area contributed by atoms with Gasteiger partial charge in [-0.2, -0.15) is 0 Å². The van der Waals surface area contributed by atoms with E-state index in [4.69, 9.17) is 14.6 Å². The Bertz CT molecular complexity index is 547. The standard InChI is InChI=1S/C13H16N2O6/c1-14-4-5-20-10(7-14)8-21-9-2-3-12(15(18)19)11(6-9)13(16)17/h2-3,6,10H,4-5,7-8H2,1H3,(H,16,17). The third-order valence-electron chi connectivity index (χ3n) is 3.17. The van der Waals surface area contributed by atoms with Crippen LogP contribution < -0.4 is 4.74 Å². The zero-order valence-corrected chi connectivity index (χ0v) is 11.5. The van der Waals surface area contributed by atoms with Crippen molar-refractivity contribution in [1.82, 2.24) is 4.90 Å². The molecule has 1 aromatic carbocycles. The quantitative estimate of drug-likeness (QED) is 0.638. The Balaban J connectivity index is 2.05. The lowest BCUT2D eigenvalue weighted by Gasteiger charge is -2.29. The van der Waals surface area contributed by atoms with Gasteiger partial charge in [0.2, 0.25) is 0 Å². The van der Waals surface area contributed by atoms with E-state index in [2.05, 4.69) is 4.90 Å². The van der Waals surface area contributed by atoms with Crippen molar-refractivity contribution in [1.29, 1.82) is 0 Å². The molecule has 21 heavy (non-hydrogen) atoms. The molecule has 2 rings (SSSR count). The van der Waals surface area contributed by atoms with E-state index in [9.17, 15) is 14.9 Å². The van der Waals surface area contributed by atoms with Crippen LogP contribution in [0.15, 0.2) is 18.2 Å². The van der Waals surface area contributed by atoms with Crippen LogP contribution >= 0.6 is 0 Å². The zero-order chi connectivity index (χ0) is 15.4. The number of morpholine rings is 1. The van der Waals surface area contributed by atoms with E-state index in [0.717, 1.165) is 25.2 Å². The van der Waals surface area contributed by atoms with E-state index < -0.39 is 16.6 Å². The highest BCUT2D eigenvalue weighted by Crippen LogP contribution is 2.24. The number of aromatic carboxylic acids is 1. The maximum atomic E-state index is 11.0. The Morgan fingerprint density at radius 2 is 2.38 bits per heavy atom. The molecule has 0 bridgehead atoms. The highest BCUT2D eigenvalue weighted by Gasteiger charge is 2.22. The Morgan fingerprint density at radius 3 is 3.00 bits per heavy atom. The Hall–Kier alpha value is -2.19. The molecule has 0 aliphatic carbocycles. The summed E-state index contributed by atoms with van der Waals surface area (Å²) in [6.07, 6.45) is -0.104. The summed E-state index contributed by atoms with van der Waals surface area (Å²) < 4.78 is 11.0. The van der Waals surface area contributed by atoms with E-state index in [1.807, 2.05) is 7.05 Å². The molecular weight excluding hydrogens is 280 g/mol. The molecule has 1 N–H and O–H groups in total. The molecule has 1 atom stereocenters. The summed E-state index contributed by atoms with van der Waals surface area (Å²) in [6.45, 7) is 2.46. The van der Waals surface area contributed by atoms with Crippen molar-refractivity contribution >= 4 is 11.7 Å². The van der Waals surface area contributed by atoms with Crippen LogP contribution in [0, 0.1) is 10.1 Å². The average molecular weight is 296 g/mol. The molecule has 1 saturated heterocycles. The van der Waals surface area contributed by atoms with Gasteiger partial charge in [-0.1, -0.05) is 0 Å². The minimum atomic E-state index is -1.36. The van der Waals surface area contributed by atoms with Crippen molar-refractivity contribution in [2.45, 2.75) is 6.10 Å². The minimum Gasteiger partial charge on any atom is -0.491 e. The Labute approximate surface area is 121 Å². The number of carboxylic acids is 1. The maximum absolute atomic E-state index is 11.0. The van der Waals surface area contributed by atoms with Crippen LogP contribution in [0.1, 0.15) is 10.4 Å². The fraction of sp³-hybridized carbons (Fsp3) is 0.462. The molecule has 0 radical (unpaired) electrons. The van der Waals surface area contributed by atoms with Crippen LogP contribution in [0.25, 0.3) is 0 Å². The normalized spacial score (nSPS) is 19.2. The number of nitrogens with zero attached hydrogens (tertiary/aromatic N) is 2. The van der Waals surface area contributed by atoms with Crippen molar-refractivity contribution in [2.75, 3.05) is 33.4 Å². The number of benzene rings is 1. The zero-order valence-electron chi connectivity index (χ0n) is 11.5. The maximum Gasteiger partial charge on any atom is 0.342 e. The average Bonchev–Trinajstić information content (AvgIpc) is 2.44. The van der Waals surface area contributed by atoms with Gasteiger partial charge in [0.1, 0.15) is 24.0 Å². The highest BCUT2D eigenvalue weighted by molar-refractivity contribution is 5.92. The topological polar surface area (TPSA) is 102 Å². The first-order valence-electron chi connectivity index (χ1n) is 6.42. The molecule has 114 valence electrons. The predicted molar refractivity (Wildman–Crippen MR) is 72.8 cm³/mol. The summed E-state index contributed by atoms with van der Waals surface area (Å²) in [5, 5.41) is 19.8. The summed E-state index contributed by atoms with van der Waals surface area (Å²) in [6, 6.07) is 3.68. The van der Waals surface area contributed by atoms with Crippen molar-refractivity contribution in [3.05, 3.63) is 33.9 Å². The highest BCUT2D eigenvalue weighted by atomic mass is 16.6. The van der Waals surface area contributed by atoms with Crippen LogP contribution in [0.2, 0.25) is 0 Å². The molecule has 0 amide bonds. The lowest BCUT2D eigenvalue weighted by molar-refractivity contribution is -0.385. The molecule has 1 aliphatic heterocycles. The summed E-state index contributed by atoms with van der Waals surface area (Å²) >= 11 is 0. The first-order valence-corrected chi connectivity index (χ1v) is 6.42. The molecule has 1 aromatic rings. The van der Waals surface area contributed by atoms with Crippen molar-refractivity contribution < 1.29 is 24.3 Å². The number of likely N-dealkylation sites (N-methyl/N-ethyl adjacent to an activating group) is 1. The number of hydrogen-bond donors (Lipinski definition) is 1. The number of rotatable bonds is 5. The number of hydrogen-bond acceptors (Lipinski definition) is 6. The number of nitro groups is 1. The molecule has 8 nitrogen and oxygen atoms in total. The fourth-order valence-corrected chi connectivity index (χ4v) is 2.09. The van der Waals surface area contributed by atoms with Crippen molar-refractivity contribution in [3.8, 4) is 5.75 Å². The number of carboxylic acid groups (broad SMARTS) is 1. The molecule has 0 saturated carbocycles. The number of nitro benzene ring substituents is 1. The second kappa shape index (κ2) is 6.51. The van der Waals surface area contributed by atoms with E-state index in [1.54, 1.807) is 0 Å². The lowest BCUT2D eigenvalue weighted by atomic mass is 10.1. The van der Waals surface area contributed by atoms with Crippen LogP contribution in [0.4, 0.5) is 5.69 Å². The fourth-order valence-electron chi connectivity index (χ4n) is 2.09. The van der Waals surface area contributed by atoms with Gasteiger partial charge in [0.05, 0.1) is 11.5 Å². The lowest BCUT2D eigenvalue weighted by Crippen LogP contribution is -2.42. The van der Waals surface area contributed by atoms with Gasteiger partial charge >= 0.3 is 5.97 Å². The molecule has 1 heterocycles. The Kier molecular flexibility index (Phi) is 4.71. The monoisotopic (exact) mass is 296 g/mol. The molecule has 1 unspecified atom stereocenters. The second-order valence-electron chi connectivity index (χ2n) is 4.81. The number of ether oxygens (including phenoxy) is 2. The van der Waals surface area contributed by atoms with E-state index >= 15 is 0 Å². The Morgan fingerprint density at radius 1 is 1.62 bits per heavy atom. The molecule has 0 spiro atoms. The minimum absolute atomic E-state index is 0.104. The molecule has 1 aliphatic rings. The van der Waals surface area contributed by atoms with Gasteiger partial charge in [0, 0.05) is 25.2 Å². The van der Waals surface area contributed by atoms with Crippen molar-refractivity contribution in [2.24, 2.45) is 0 Å². The van der Waals surface area contributed by atoms with Crippen molar-refractivity contribution in [3.63, 3.8) is 0 Å². The predicted octanol–water partition coefficient (Wildman–Crippen LogP) is 1.00. The van der Waals surface area contributed by atoms with Gasteiger partial charge in [0.15, 0.2) is 0 Å². The largest absolute Gasteiger partial charge is 0.491 e. The van der Waals surface area contributed by atoms with Crippen LogP contribution in [0.5, 0.6) is 5.75 Å². The molecule has 1 fully saturated rings. The van der Waals surface area contributed by atoms with Gasteiger partial charge in [0.25, 0.3) is 5.69 Å². The van der Waals surface area contributed by atoms with Gasteiger partial charge in [-0.3, -0.25) is 10.1 Å². The molecular formula is C13H16N2O6. The summed E-state index contributed by atoms with van der Waals surface area (Å²) in [5.41, 5.74) is -0.845. The third kappa shape index (κ3) is 3.89. The van der Waals surface area contributed by atoms with Gasteiger partial charge < -0.3 is 19.5 Å². The van der Waals surface area contributed by atoms with Crippen LogP contribution in [-0.2, 0) is 4.74 Å². The SMILES string of the molecule is CN1CCOC(COc2ccc([N+](=O)[O-])c(C(=O)O)c2)C1. The van der Waals surface area contributed by atoms with Crippen LogP contribution in [-0.4, -0.2) is 60.4 Å². The van der Waals surface area contributed by atoms with Crippen LogP contribution in [0.3, 0.4) is 0 Å². The smallest absolute Gasteiger partial charge is 0.342 e. The number of carbonyl (C=O) groups is 1. The second-order valence-corrected chi connectivity index (χ2v) is 4.81. The van der Waals surface area contributed by atoms with Gasteiger partial charge in [-0.15, -0.1) is 0 Å². The first kappa shape index (κ1) is 15.2. The van der Waals surface area contributed by atoms with E-state index in [1.165, 1.54) is 6.07 Å². The first-order chi connectivity index (χ1) is 9.97. The summed E-state index contributed by atoms with van der Waals surface area (Å²) in [7, 11) is 1.98. The van der Waals surface area contributed by atoms with Gasteiger partial charge in [-0.25, -0.2) is 4.79 Å². The molecule has 0 aromatic heterocycles.